The minimum atomic E-state index is -0.468. The van der Waals surface area contributed by atoms with E-state index in [-0.39, 0.29) is 0 Å². The summed E-state index contributed by atoms with van der Waals surface area (Å²) in [5, 5.41) is 4.57. The number of thiophene rings is 1. The molecule has 20 heavy (non-hydrogen) atoms. The van der Waals surface area contributed by atoms with Gasteiger partial charge in [-0.1, -0.05) is 6.07 Å². The average molecular weight is 293 g/mol. The number of carbonyl (C=O) groups excluding carboxylic acids is 2. The average Bonchev–Trinajstić information content (AvgIpc) is 3.03. The summed E-state index contributed by atoms with van der Waals surface area (Å²) in [6, 6.07) is 4.98. The van der Waals surface area contributed by atoms with Gasteiger partial charge < -0.3 is 9.73 Å². The molecule has 0 saturated heterocycles. The number of hydrogen-bond acceptors (Lipinski definition) is 4. The first kappa shape index (κ1) is 14.1. The third-order valence-corrected chi connectivity index (χ3v) is 3.45. The van der Waals surface area contributed by atoms with E-state index < -0.39 is 11.9 Å². The highest BCUT2D eigenvalue weighted by molar-refractivity contribution is 7.09. The van der Waals surface area contributed by atoms with Gasteiger partial charge in [0.15, 0.2) is 0 Å². The van der Waals surface area contributed by atoms with Gasteiger partial charge >= 0.3 is 6.03 Å². The van der Waals surface area contributed by atoms with Crippen molar-refractivity contribution in [3.8, 4) is 0 Å². The van der Waals surface area contributed by atoms with E-state index in [2.05, 4.69) is 16.2 Å². The number of amides is 3. The highest BCUT2D eigenvalue weighted by Crippen LogP contribution is 2.12. The molecule has 2 aromatic heterocycles. The first-order chi connectivity index (χ1) is 9.56. The van der Waals surface area contributed by atoms with Crippen molar-refractivity contribution in [1.82, 2.24) is 16.2 Å². The summed E-state index contributed by atoms with van der Waals surface area (Å²) in [5.41, 5.74) is 5.02. The number of hydrogen-bond donors (Lipinski definition) is 3. The molecule has 0 aromatic carbocycles. The van der Waals surface area contributed by atoms with Gasteiger partial charge in [-0.2, -0.15) is 0 Å². The Morgan fingerprint density at radius 2 is 2.10 bits per heavy atom. The van der Waals surface area contributed by atoms with Crippen molar-refractivity contribution >= 4 is 23.3 Å². The monoisotopic (exact) mass is 293 g/mol. The normalized spacial score (nSPS) is 10.1. The maximum atomic E-state index is 11.8. The van der Waals surface area contributed by atoms with Crippen molar-refractivity contribution in [3.05, 3.63) is 45.5 Å². The molecule has 2 heterocycles. The van der Waals surface area contributed by atoms with Crippen LogP contribution < -0.4 is 16.2 Å². The molecule has 3 amide bonds. The predicted octanol–water partition coefficient (Wildman–Crippen LogP) is 2.10. The molecule has 0 atom stereocenters. The lowest BCUT2D eigenvalue weighted by Gasteiger charge is -2.07. The Balaban J connectivity index is 1.78. The number of carbonyl (C=O) groups is 2. The lowest BCUT2D eigenvalue weighted by molar-refractivity contribution is 0.0934. The van der Waals surface area contributed by atoms with Crippen molar-refractivity contribution in [2.75, 3.05) is 0 Å². The summed E-state index contributed by atoms with van der Waals surface area (Å²) in [6.45, 7) is 3.87. The van der Waals surface area contributed by atoms with Crippen LogP contribution in [0.3, 0.4) is 0 Å². The van der Waals surface area contributed by atoms with Gasteiger partial charge in [-0.3, -0.25) is 10.2 Å². The minimum absolute atomic E-state index is 0.404. The Labute approximate surface area is 120 Å². The van der Waals surface area contributed by atoms with Gasteiger partial charge in [-0.05, 0) is 31.4 Å². The summed E-state index contributed by atoms with van der Waals surface area (Å²) < 4.78 is 5.25. The summed E-state index contributed by atoms with van der Waals surface area (Å²) in [7, 11) is 0. The number of furan rings is 1. The third kappa shape index (κ3) is 3.61. The summed E-state index contributed by atoms with van der Waals surface area (Å²) >= 11 is 1.55. The topological polar surface area (TPSA) is 83.4 Å². The van der Waals surface area contributed by atoms with Crippen LogP contribution in [0, 0.1) is 13.8 Å². The van der Waals surface area contributed by atoms with Crippen LogP contribution in [-0.2, 0) is 6.54 Å². The molecule has 0 unspecified atom stereocenters. The molecule has 0 fully saturated rings. The van der Waals surface area contributed by atoms with E-state index in [1.807, 2.05) is 17.5 Å². The van der Waals surface area contributed by atoms with Gasteiger partial charge in [0, 0.05) is 4.88 Å². The minimum Gasteiger partial charge on any atom is -0.466 e. The largest absolute Gasteiger partial charge is 0.466 e. The molecule has 3 N–H and O–H groups in total. The molecule has 0 bridgehead atoms. The van der Waals surface area contributed by atoms with E-state index in [0.29, 0.717) is 23.6 Å². The Bertz CT molecular complexity index is 604. The molecule has 6 nitrogen and oxygen atoms in total. The molecule has 0 aliphatic heterocycles. The van der Waals surface area contributed by atoms with Crippen LogP contribution in [0.4, 0.5) is 4.79 Å². The first-order valence-corrected chi connectivity index (χ1v) is 6.88. The van der Waals surface area contributed by atoms with Gasteiger partial charge in [0.2, 0.25) is 0 Å². The fraction of sp³-hybridized carbons (Fsp3) is 0.231. The molecule has 0 aliphatic carbocycles. The first-order valence-electron chi connectivity index (χ1n) is 6.00. The summed E-state index contributed by atoms with van der Waals surface area (Å²) in [5.74, 6) is 0.751. The molecule has 0 saturated carbocycles. The molecule has 106 valence electrons. The molecule has 7 heteroatoms. The maximum Gasteiger partial charge on any atom is 0.333 e. The fourth-order valence-corrected chi connectivity index (χ4v) is 2.31. The number of urea groups is 1. The van der Waals surface area contributed by atoms with Gasteiger partial charge in [-0.25, -0.2) is 10.2 Å². The number of hydrazine groups is 1. The van der Waals surface area contributed by atoms with Crippen LogP contribution in [0.5, 0.6) is 0 Å². The van der Waals surface area contributed by atoms with Gasteiger partial charge in [0.25, 0.3) is 5.91 Å². The molecule has 0 aliphatic rings. The van der Waals surface area contributed by atoms with Crippen LogP contribution >= 0.6 is 11.3 Å². The third-order valence-electron chi connectivity index (χ3n) is 2.58. The van der Waals surface area contributed by atoms with E-state index in [0.717, 1.165) is 4.88 Å². The van der Waals surface area contributed by atoms with E-state index in [4.69, 9.17) is 4.42 Å². The zero-order chi connectivity index (χ0) is 14.5. The van der Waals surface area contributed by atoms with E-state index in [1.54, 1.807) is 31.3 Å². The second-order valence-electron chi connectivity index (χ2n) is 4.17. The Hall–Kier alpha value is -2.28. The Morgan fingerprint density at radius 3 is 2.70 bits per heavy atom. The highest BCUT2D eigenvalue weighted by atomic mass is 32.1. The van der Waals surface area contributed by atoms with Crippen molar-refractivity contribution in [2.24, 2.45) is 0 Å². The van der Waals surface area contributed by atoms with Gasteiger partial charge in [0.05, 0.1) is 12.1 Å². The second-order valence-corrected chi connectivity index (χ2v) is 5.20. The van der Waals surface area contributed by atoms with Gasteiger partial charge in [0.1, 0.15) is 11.5 Å². The van der Waals surface area contributed by atoms with Crippen LogP contribution in [0.25, 0.3) is 0 Å². The van der Waals surface area contributed by atoms with E-state index in [1.165, 1.54) is 0 Å². The predicted molar refractivity (Wildman–Crippen MR) is 75.3 cm³/mol. The maximum absolute atomic E-state index is 11.8. The van der Waals surface area contributed by atoms with Gasteiger partial charge in [-0.15, -0.1) is 11.3 Å². The fourth-order valence-electron chi connectivity index (χ4n) is 1.66. The molecule has 0 radical (unpaired) electrons. The zero-order valence-electron chi connectivity index (χ0n) is 11.1. The number of aryl methyl sites for hydroxylation is 2. The highest BCUT2D eigenvalue weighted by Gasteiger charge is 2.13. The molecular weight excluding hydrogens is 278 g/mol. The second kappa shape index (κ2) is 6.25. The van der Waals surface area contributed by atoms with Crippen molar-refractivity contribution in [1.29, 1.82) is 0 Å². The SMILES string of the molecule is Cc1cc(C(=O)NNC(=O)NCc2cccs2)c(C)o1. The van der Waals surface area contributed by atoms with Crippen LogP contribution in [0.1, 0.15) is 26.8 Å². The Morgan fingerprint density at radius 1 is 1.30 bits per heavy atom. The lowest BCUT2D eigenvalue weighted by Crippen LogP contribution is -2.46. The van der Waals surface area contributed by atoms with Crippen LogP contribution in [0.15, 0.2) is 28.0 Å². The van der Waals surface area contributed by atoms with E-state index >= 15 is 0 Å². The quantitative estimate of drug-likeness (QED) is 0.758. The molecule has 2 rings (SSSR count). The van der Waals surface area contributed by atoms with Crippen molar-refractivity contribution < 1.29 is 14.0 Å². The Kier molecular flexibility index (Phi) is 4.41. The summed E-state index contributed by atoms with van der Waals surface area (Å²) in [6.07, 6.45) is 0. The zero-order valence-corrected chi connectivity index (χ0v) is 12.0. The van der Waals surface area contributed by atoms with Crippen LogP contribution in [0.2, 0.25) is 0 Å². The van der Waals surface area contributed by atoms with Crippen molar-refractivity contribution in [2.45, 2.75) is 20.4 Å². The number of rotatable bonds is 3. The molecule has 2 aromatic rings. The van der Waals surface area contributed by atoms with Crippen molar-refractivity contribution in [3.63, 3.8) is 0 Å². The van der Waals surface area contributed by atoms with Crippen LogP contribution in [-0.4, -0.2) is 11.9 Å². The standard InChI is InChI=1S/C13H15N3O3S/c1-8-6-11(9(2)19-8)12(17)15-16-13(18)14-7-10-4-3-5-20-10/h3-6H,7H2,1-2H3,(H,15,17)(H2,14,16,18). The van der Waals surface area contributed by atoms with E-state index in [9.17, 15) is 9.59 Å². The molecular formula is C13H15N3O3S. The lowest BCUT2D eigenvalue weighted by atomic mass is 10.2. The molecule has 0 spiro atoms. The number of nitrogens with one attached hydrogen (secondary N) is 3. The smallest absolute Gasteiger partial charge is 0.333 e. The summed E-state index contributed by atoms with van der Waals surface area (Å²) in [4.78, 5) is 24.3.